The molecule has 1 aliphatic rings. The summed E-state index contributed by atoms with van der Waals surface area (Å²) >= 11 is 0.856. The lowest BCUT2D eigenvalue weighted by Crippen LogP contribution is -2.58. The predicted molar refractivity (Wildman–Crippen MR) is 71.9 cm³/mol. The maximum Gasteiger partial charge on any atom is 0.418 e. The Balaban J connectivity index is 2.23. The van der Waals surface area contributed by atoms with Crippen molar-refractivity contribution < 1.29 is 28.0 Å². The van der Waals surface area contributed by atoms with Gasteiger partial charge in [0.25, 0.3) is 11.6 Å². The summed E-state index contributed by atoms with van der Waals surface area (Å²) in [5.74, 6) is -0.733. The molecule has 0 unspecified atom stereocenters. The highest BCUT2D eigenvalue weighted by Crippen LogP contribution is 2.38. The summed E-state index contributed by atoms with van der Waals surface area (Å²) in [6.45, 7) is 0.671. The van der Waals surface area contributed by atoms with Crippen LogP contribution in [0.5, 0.6) is 0 Å². The standard InChI is InChI=1S/C12H13F3N2O4S/c1-7-8(17(20)21)5-9(22-7)10(18)16-4-2-3-11(19,6-16)12(13,14)15/h5,19H,2-4,6H2,1H3/t11-/m1/s1. The first-order chi connectivity index (χ1) is 10.0. The topological polar surface area (TPSA) is 83.7 Å². The maximum absolute atomic E-state index is 12.9. The van der Waals surface area contributed by atoms with E-state index in [1.807, 2.05) is 0 Å². The van der Waals surface area contributed by atoms with Crippen LogP contribution in [0.15, 0.2) is 6.07 Å². The van der Waals surface area contributed by atoms with Crippen LogP contribution in [-0.2, 0) is 0 Å². The van der Waals surface area contributed by atoms with Crippen molar-refractivity contribution in [1.82, 2.24) is 4.90 Å². The van der Waals surface area contributed by atoms with Gasteiger partial charge >= 0.3 is 6.18 Å². The van der Waals surface area contributed by atoms with Crippen LogP contribution >= 0.6 is 11.3 Å². The number of aryl methyl sites for hydroxylation is 1. The molecule has 2 heterocycles. The molecule has 1 saturated heterocycles. The van der Waals surface area contributed by atoms with Crippen LogP contribution in [-0.4, -0.2) is 45.7 Å². The average Bonchev–Trinajstić information content (AvgIpc) is 2.79. The molecule has 1 atom stereocenters. The average molecular weight is 338 g/mol. The molecule has 0 aromatic carbocycles. The van der Waals surface area contributed by atoms with Crippen molar-refractivity contribution in [1.29, 1.82) is 0 Å². The third-order valence-corrected chi connectivity index (χ3v) is 4.61. The van der Waals surface area contributed by atoms with Crippen molar-refractivity contribution in [3.8, 4) is 0 Å². The van der Waals surface area contributed by atoms with Gasteiger partial charge in [0.1, 0.15) is 0 Å². The summed E-state index contributed by atoms with van der Waals surface area (Å²) in [5, 5.41) is 20.5. The van der Waals surface area contributed by atoms with Gasteiger partial charge in [0.2, 0.25) is 0 Å². The molecular weight excluding hydrogens is 325 g/mol. The zero-order chi connectivity index (χ0) is 16.7. The number of alkyl halides is 3. The van der Waals surface area contributed by atoms with E-state index >= 15 is 0 Å². The molecule has 0 bridgehead atoms. The Labute approximate surface area is 127 Å². The molecule has 122 valence electrons. The number of aliphatic hydroxyl groups is 1. The van der Waals surface area contributed by atoms with Crippen LogP contribution in [0.4, 0.5) is 18.9 Å². The molecule has 22 heavy (non-hydrogen) atoms. The van der Waals surface area contributed by atoms with Crippen LogP contribution in [0.3, 0.4) is 0 Å². The predicted octanol–water partition coefficient (Wildman–Crippen LogP) is 2.49. The van der Waals surface area contributed by atoms with E-state index in [2.05, 4.69) is 0 Å². The first-order valence-corrected chi connectivity index (χ1v) is 7.20. The number of carbonyl (C=O) groups is 1. The summed E-state index contributed by atoms with van der Waals surface area (Å²) < 4.78 is 38.6. The normalized spacial score (nSPS) is 22.7. The number of piperidine rings is 1. The number of halogens is 3. The van der Waals surface area contributed by atoms with E-state index in [1.165, 1.54) is 6.92 Å². The van der Waals surface area contributed by atoms with Crippen LogP contribution in [0.1, 0.15) is 27.4 Å². The first-order valence-electron chi connectivity index (χ1n) is 6.38. The molecule has 6 nitrogen and oxygen atoms in total. The van der Waals surface area contributed by atoms with Crippen molar-refractivity contribution in [3.63, 3.8) is 0 Å². The van der Waals surface area contributed by atoms with Crippen molar-refractivity contribution in [2.45, 2.75) is 31.5 Å². The first kappa shape index (κ1) is 16.7. The number of nitro groups is 1. The minimum absolute atomic E-state index is 0.00405. The molecule has 1 aliphatic heterocycles. The van der Waals surface area contributed by atoms with Crippen LogP contribution in [0, 0.1) is 17.0 Å². The third-order valence-electron chi connectivity index (χ3n) is 3.58. The summed E-state index contributed by atoms with van der Waals surface area (Å²) in [6, 6.07) is 1.06. The van der Waals surface area contributed by atoms with Crippen molar-refractivity contribution in [2.75, 3.05) is 13.1 Å². The minimum atomic E-state index is -4.83. The minimum Gasteiger partial charge on any atom is -0.379 e. The van der Waals surface area contributed by atoms with Gasteiger partial charge in [0.15, 0.2) is 5.60 Å². The molecule has 0 saturated carbocycles. The van der Waals surface area contributed by atoms with Gasteiger partial charge in [-0.1, -0.05) is 0 Å². The molecule has 1 N–H and O–H groups in total. The van der Waals surface area contributed by atoms with Crippen molar-refractivity contribution in [2.24, 2.45) is 0 Å². The number of hydrogen-bond donors (Lipinski definition) is 1. The van der Waals surface area contributed by atoms with E-state index in [9.17, 15) is 33.2 Å². The Morgan fingerprint density at radius 1 is 1.55 bits per heavy atom. The second kappa shape index (κ2) is 5.51. The molecule has 2 rings (SSSR count). The summed E-state index contributed by atoms with van der Waals surface area (Å²) in [4.78, 5) is 23.6. The van der Waals surface area contributed by atoms with E-state index in [-0.39, 0.29) is 23.5 Å². The zero-order valence-electron chi connectivity index (χ0n) is 11.5. The molecule has 0 aliphatic carbocycles. The van der Waals surface area contributed by atoms with Gasteiger partial charge in [0.05, 0.1) is 21.2 Å². The number of amides is 1. The van der Waals surface area contributed by atoms with E-state index in [0.29, 0.717) is 4.88 Å². The molecule has 1 amide bonds. The molecule has 1 aromatic rings. The Morgan fingerprint density at radius 2 is 2.18 bits per heavy atom. The van der Waals surface area contributed by atoms with Crippen molar-refractivity contribution >= 4 is 22.9 Å². The molecule has 1 fully saturated rings. The SMILES string of the molecule is Cc1sc(C(=O)N2CCC[C@](O)(C(F)(F)F)C2)cc1[N+](=O)[O-]. The summed E-state index contributed by atoms with van der Waals surface area (Å²) in [6.07, 6.45) is -5.29. The third kappa shape index (κ3) is 2.93. The van der Waals surface area contributed by atoms with Gasteiger partial charge in [-0.15, -0.1) is 11.3 Å². The van der Waals surface area contributed by atoms with Crippen LogP contribution in [0.25, 0.3) is 0 Å². The number of β-amino-alcohol motifs (C(OH)–C–C–N with tert-alkyl or cyclic N) is 1. The lowest BCUT2D eigenvalue weighted by atomic mass is 9.92. The molecular formula is C12H13F3N2O4S. The number of carbonyl (C=O) groups excluding carboxylic acids is 1. The fraction of sp³-hybridized carbons (Fsp3) is 0.583. The number of rotatable bonds is 2. The number of hydrogen-bond acceptors (Lipinski definition) is 5. The number of thiophene rings is 1. The Bertz CT molecular complexity index is 616. The van der Waals surface area contributed by atoms with E-state index < -0.39 is 35.6 Å². The maximum atomic E-state index is 12.9. The van der Waals surface area contributed by atoms with Crippen LogP contribution < -0.4 is 0 Å². The van der Waals surface area contributed by atoms with E-state index in [4.69, 9.17) is 0 Å². The second-order valence-electron chi connectivity index (χ2n) is 5.17. The fourth-order valence-electron chi connectivity index (χ4n) is 2.36. The molecule has 1 aromatic heterocycles. The lowest BCUT2D eigenvalue weighted by molar-refractivity contribution is -0.385. The number of nitrogens with zero attached hydrogens (tertiary/aromatic N) is 2. The smallest absolute Gasteiger partial charge is 0.379 e. The van der Waals surface area contributed by atoms with Crippen molar-refractivity contribution in [3.05, 3.63) is 25.9 Å². The van der Waals surface area contributed by atoms with Gasteiger partial charge in [-0.25, -0.2) is 0 Å². The van der Waals surface area contributed by atoms with Crippen LogP contribution in [0.2, 0.25) is 0 Å². The largest absolute Gasteiger partial charge is 0.418 e. The van der Waals surface area contributed by atoms with Gasteiger partial charge in [-0.05, 0) is 19.8 Å². The van der Waals surface area contributed by atoms with Gasteiger partial charge in [-0.2, -0.15) is 13.2 Å². The Kier molecular flexibility index (Phi) is 4.18. The van der Waals surface area contributed by atoms with E-state index in [1.54, 1.807) is 0 Å². The van der Waals surface area contributed by atoms with Gasteiger partial charge in [-0.3, -0.25) is 14.9 Å². The molecule has 0 radical (unpaired) electrons. The highest BCUT2D eigenvalue weighted by molar-refractivity contribution is 7.14. The van der Waals surface area contributed by atoms with E-state index in [0.717, 1.165) is 22.3 Å². The number of likely N-dealkylation sites (tertiary alicyclic amines) is 1. The fourth-order valence-corrected chi connectivity index (χ4v) is 3.31. The molecule has 0 spiro atoms. The second-order valence-corrected chi connectivity index (χ2v) is 6.43. The summed E-state index contributed by atoms with van der Waals surface area (Å²) in [5.41, 5.74) is -3.17. The van der Waals surface area contributed by atoms with Gasteiger partial charge < -0.3 is 10.0 Å². The monoisotopic (exact) mass is 338 g/mol. The highest BCUT2D eigenvalue weighted by Gasteiger charge is 2.56. The Hall–Kier alpha value is -1.68. The Morgan fingerprint density at radius 3 is 2.68 bits per heavy atom. The highest BCUT2D eigenvalue weighted by atomic mass is 32.1. The molecule has 10 heteroatoms. The zero-order valence-corrected chi connectivity index (χ0v) is 12.3. The van der Waals surface area contributed by atoms with Gasteiger partial charge in [0, 0.05) is 12.6 Å². The quantitative estimate of drug-likeness (QED) is 0.663. The lowest BCUT2D eigenvalue weighted by Gasteiger charge is -2.39. The summed E-state index contributed by atoms with van der Waals surface area (Å²) in [7, 11) is 0.